The first kappa shape index (κ1) is 51.5. The molecule has 15 heteroatoms. The van der Waals surface area contributed by atoms with Crippen LogP contribution in [0.3, 0.4) is 0 Å². The third-order valence-electron chi connectivity index (χ3n) is 6.52. The molecular weight excluding hydrogens is 636 g/mol. The average Bonchev–Trinajstić information content (AvgIpc) is 3.00. The van der Waals surface area contributed by atoms with Gasteiger partial charge in [0.15, 0.2) is 0 Å². The summed E-state index contributed by atoms with van der Waals surface area (Å²) in [6, 6.07) is 0. The molecule has 0 radical (unpaired) electrons. The number of hydrogen-bond donors (Lipinski definition) is 9. The smallest absolute Gasteiger partial charge is 0.303 e. The van der Waals surface area contributed by atoms with E-state index in [0.717, 1.165) is 116 Å². The highest BCUT2D eigenvalue weighted by atomic mass is 16.4. The molecule has 9 N–H and O–H groups in total. The van der Waals surface area contributed by atoms with E-state index in [0.29, 0.717) is 0 Å². The van der Waals surface area contributed by atoms with Gasteiger partial charge in [-0.15, -0.1) is 0 Å². The molecule has 0 aliphatic rings. The van der Waals surface area contributed by atoms with E-state index in [4.69, 9.17) is 46.0 Å². The number of aliphatic hydroxyl groups excluding tert-OH is 3. The molecule has 0 unspecified atom stereocenters. The minimum atomic E-state index is -0.954. The molecule has 0 atom stereocenters. The summed E-state index contributed by atoms with van der Waals surface area (Å²) in [5.74, 6) is -4.44. The zero-order valence-electron chi connectivity index (χ0n) is 28.4. The average molecular weight is 699 g/mol. The van der Waals surface area contributed by atoms with Crippen LogP contribution in [0.2, 0.25) is 0 Å². The molecule has 0 aromatic heterocycles. The first-order chi connectivity index (χ1) is 22.7. The third kappa shape index (κ3) is 65.4. The van der Waals surface area contributed by atoms with E-state index in [1.54, 1.807) is 0 Å². The molecule has 0 aromatic carbocycles. The summed E-state index contributed by atoms with van der Waals surface area (Å²) in [5.41, 5.74) is 0. The van der Waals surface area contributed by atoms with E-state index >= 15 is 0 Å². The predicted octanol–water partition coefficient (Wildman–Crippen LogP) is 5.16. The van der Waals surface area contributed by atoms with Gasteiger partial charge in [-0.3, -0.25) is 28.8 Å². The standard InChI is InChI=1S/3C10H18O4.C3H8O3/c3*11-9(12)7-5-3-1-2-4-6-8-10(13)14;4-1-3(6)2-5/h3*1-8H2,(H,11,12)(H,13,14);3-6H,1-2H2. The molecule has 48 heavy (non-hydrogen) atoms. The Kier molecular flexibility index (Phi) is 44.8. The number of hydrogen-bond acceptors (Lipinski definition) is 9. The molecule has 0 aromatic rings. The van der Waals surface area contributed by atoms with Gasteiger partial charge in [-0.1, -0.05) is 77.0 Å². The lowest BCUT2D eigenvalue weighted by Gasteiger charge is -1.98. The molecule has 0 spiro atoms. The van der Waals surface area contributed by atoms with Crippen LogP contribution >= 0.6 is 0 Å². The van der Waals surface area contributed by atoms with E-state index in [9.17, 15) is 28.8 Å². The highest BCUT2D eigenvalue weighted by Crippen LogP contribution is 2.10. The van der Waals surface area contributed by atoms with Crippen LogP contribution in [-0.4, -0.2) is 101 Å². The monoisotopic (exact) mass is 698 g/mol. The number of unbranched alkanes of at least 4 members (excludes halogenated alkanes) is 15. The number of carbonyl (C=O) groups is 6. The Morgan fingerprint density at radius 1 is 0.292 bits per heavy atom. The first-order valence-corrected chi connectivity index (χ1v) is 16.9. The summed E-state index contributed by atoms with van der Waals surface area (Å²) < 4.78 is 0. The van der Waals surface area contributed by atoms with Crippen molar-refractivity contribution in [1.29, 1.82) is 0 Å². The van der Waals surface area contributed by atoms with Crippen molar-refractivity contribution in [2.45, 2.75) is 160 Å². The topological polar surface area (TPSA) is 284 Å². The van der Waals surface area contributed by atoms with Gasteiger partial charge in [0, 0.05) is 38.5 Å². The van der Waals surface area contributed by atoms with Gasteiger partial charge in [-0.05, 0) is 38.5 Å². The quantitative estimate of drug-likeness (QED) is 0.0456. The van der Waals surface area contributed by atoms with Crippen molar-refractivity contribution < 1.29 is 74.7 Å². The number of rotatable bonds is 29. The Balaban J connectivity index is -0.000000279. The van der Waals surface area contributed by atoms with Crippen molar-refractivity contribution in [3.63, 3.8) is 0 Å². The molecule has 0 amide bonds. The van der Waals surface area contributed by atoms with Crippen molar-refractivity contribution in [3.8, 4) is 0 Å². The van der Waals surface area contributed by atoms with Gasteiger partial charge in [0.25, 0.3) is 0 Å². The normalized spacial score (nSPS) is 10.0. The van der Waals surface area contributed by atoms with Crippen LogP contribution in [0.5, 0.6) is 0 Å². The van der Waals surface area contributed by atoms with Crippen LogP contribution in [0, 0.1) is 0 Å². The number of aliphatic carboxylic acids is 6. The van der Waals surface area contributed by atoms with Crippen molar-refractivity contribution in [2.75, 3.05) is 13.2 Å². The van der Waals surface area contributed by atoms with Crippen LogP contribution in [0.1, 0.15) is 154 Å². The van der Waals surface area contributed by atoms with Crippen molar-refractivity contribution in [1.82, 2.24) is 0 Å². The van der Waals surface area contributed by atoms with Gasteiger partial charge in [-0.2, -0.15) is 0 Å². The van der Waals surface area contributed by atoms with E-state index in [1.165, 1.54) is 0 Å². The van der Waals surface area contributed by atoms with Crippen LogP contribution in [0.15, 0.2) is 0 Å². The molecule has 0 rings (SSSR count). The van der Waals surface area contributed by atoms with Gasteiger partial charge < -0.3 is 46.0 Å². The fourth-order valence-corrected chi connectivity index (χ4v) is 3.84. The summed E-state index contributed by atoms with van der Waals surface area (Å²) in [7, 11) is 0. The molecule has 0 saturated carbocycles. The Morgan fingerprint density at radius 3 is 0.500 bits per heavy atom. The lowest BCUT2D eigenvalue weighted by atomic mass is 10.1. The van der Waals surface area contributed by atoms with Gasteiger partial charge in [0.05, 0.1) is 13.2 Å². The van der Waals surface area contributed by atoms with Gasteiger partial charge in [-0.25, -0.2) is 0 Å². The molecule has 0 aliphatic heterocycles. The molecule has 0 heterocycles. The fourth-order valence-electron chi connectivity index (χ4n) is 3.84. The summed E-state index contributed by atoms with van der Waals surface area (Å²) in [4.78, 5) is 60.9. The first-order valence-electron chi connectivity index (χ1n) is 16.9. The highest BCUT2D eigenvalue weighted by molar-refractivity contribution is 5.68. The van der Waals surface area contributed by atoms with Crippen LogP contribution in [-0.2, 0) is 28.8 Å². The molecular formula is C33H62O15. The summed E-state index contributed by atoms with van der Waals surface area (Å²) in [5, 5.41) is 74.1. The summed E-state index contributed by atoms with van der Waals surface area (Å²) in [6.45, 7) is -0.729. The molecule has 0 saturated heterocycles. The van der Waals surface area contributed by atoms with Gasteiger partial charge in [0.2, 0.25) is 0 Å². The molecule has 0 bridgehead atoms. The molecule has 284 valence electrons. The van der Waals surface area contributed by atoms with Crippen LogP contribution < -0.4 is 0 Å². The summed E-state index contributed by atoms with van der Waals surface area (Å²) >= 11 is 0. The maximum absolute atomic E-state index is 10.1. The Bertz CT molecular complexity index is 643. The van der Waals surface area contributed by atoms with Crippen LogP contribution in [0.25, 0.3) is 0 Å². The number of aliphatic hydroxyl groups is 3. The third-order valence-corrected chi connectivity index (χ3v) is 6.52. The molecule has 0 aliphatic carbocycles. The SMILES string of the molecule is O=C(O)CCCCCCCCC(=O)O.O=C(O)CCCCCCCCC(=O)O.O=C(O)CCCCCCCCC(=O)O.OCC(O)CO. The number of carboxylic acid groups (broad SMARTS) is 6. The van der Waals surface area contributed by atoms with Crippen molar-refractivity contribution in [3.05, 3.63) is 0 Å². The van der Waals surface area contributed by atoms with Gasteiger partial charge >= 0.3 is 35.8 Å². The minimum absolute atomic E-state index is 0.245. The lowest BCUT2D eigenvalue weighted by Crippen LogP contribution is -2.15. The van der Waals surface area contributed by atoms with Crippen LogP contribution in [0.4, 0.5) is 0 Å². The van der Waals surface area contributed by atoms with E-state index < -0.39 is 41.9 Å². The molecule has 0 fully saturated rings. The zero-order valence-corrected chi connectivity index (χ0v) is 28.4. The van der Waals surface area contributed by atoms with E-state index in [-0.39, 0.29) is 51.7 Å². The molecule has 15 nitrogen and oxygen atoms in total. The van der Waals surface area contributed by atoms with E-state index in [2.05, 4.69) is 0 Å². The predicted molar refractivity (Wildman–Crippen MR) is 177 cm³/mol. The second-order valence-electron chi connectivity index (χ2n) is 11.2. The fraction of sp³-hybridized carbons (Fsp3) is 0.818. The van der Waals surface area contributed by atoms with Crippen molar-refractivity contribution in [2.24, 2.45) is 0 Å². The highest BCUT2D eigenvalue weighted by Gasteiger charge is 2.00. The maximum atomic E-state index is 10.1. The second-order valence-corrected chi connectivity index (χ2v) is 11.2. The van der Waals surface area contributed by atoms with Gasteiger partial charge in [0.1, 0.15) is 6.10 Å². The van der Waals surface area contributed by atoms with E-state index in [1.807, 2.05) is 0 Å². The Hall–Kier alpha value is -3.30. The zero-order chi connectivity index (χ0) is 37.4. The number of carboxylic acids is 6. The summed E-state index contributed by atoms with van der Waals surface area (Å²) in [6.07, 6.45) is 16.5. The Morgan fingerprint density at radius 2 is 0.417 bits per heavy atom. The van der Waals surface area contributed by atoms with Crippen molar-refractivity contribution >= 4 is 35.8 Å². The lowest BCUT2D eigenvalue weighted by molar-refractivity contribution is -0.138. The second kappa shape index (κ2) is 41.7. The minimum Gasteiger partial charge on any atom is -0.481 e. The Labute approximate surface area is 284 Å². The maximum Gasteiger partial charge on any atom is 0.303 e. The largest absolute Gasteiger partial charge is 0.481 e.